The molecule has 0 aliphatic carbocycles. The molecule has 23 rings (SSSR count). The van der Waals surface area contributed by atoms with Crippen molar-refractivity contribution >= 4 is 132 Å². The van der Waals surface area contributed by atoms with Gasteiger partial charge in [-0.1, -0.05) is 426 Å². The molecule has 0 saturated carbocycles. The van der Waals surface area contributed by atoms with Crippen molar-refractivity contribution in [3.63, 3.8) is 0 Å². The fraction of sp³-hybridized carbons (Fsp3) is 0.0952. The third-order valence-electron chi connectivity index (χ3n) is 27.8. The molecule has 8 heteroatoms. The largest absolute Gasteiger partial charge is 0.458 e. The topological polar surface area (TPSA) is 25.4 Å². The molecule has 0 atom stereocenters. The maximum absolute atomic E-state index is 7.82. The second kappa shape index (κ2) is 33.2. The minimum Gasteiger partial charge on any atom is -0.458 e. The van der Waals surface area contributed by atoms with Crippen LogP contribution in [0.25, 0.3) is 77.9 Å². The molecule has 0 fully saturated rings. The van der Waals surface area contributed by atoms with Crippen LogP contribution in [0.2, 0.25) is 0 Å². The van der Waals surface area contributed by atoms with Crippen LogP contribution in [-0.4, -0.2) is 13.4 Å². The van der Waals surface area contributed by atoms with Crippen molar-refractivity contribution in [3.05, 3.63) is 466 Å². The van der Waals surface area contributed by atoms with Gasteiger partial charge in [0.05, 0.1) is 39.8 Å². The predicted octanol–water partition coefficient (Wildman–Crippen LogP) is 30.7. The summed E-state index contributed by atoms with van der Waals surface area (Å²) in [4.78, 5) is 13.1. The number of para-hydroxylation sites is 9. The quantitative estimate of drug-likeness (QED) is 0.0895. The molecule has 0 N–H and O–H groups in total. The third-order valence-corrected chi connectivity index (χ3v) is 27.8. The highest BCUT2D eigenvalue weighted by Gasteiger charge is 2.50. The van der Waals surface area contributed by atoms with Gasteiger partial charge >= 0.3 is 0 Å². The molecule has 4 heterocycles. The van der Waals surface area contributed by atoms with Gasteiger partial charge < -0.3 is 29.2 Å². The van der Waals surface area contributed by atoms with Gasteiger partial charge in [0.1, 0.15) is 11.5 Å². The van der Waals surface area contributed by atoms with Crippen molar-refractivity contribution < 1.29 is 4.74 Å². The van der Waals surface area contributed by atoms with E-state index in [0.717, 1.165) is 191 Å². The molecule has 642 valence electrons. The second-order valence-electron chi connectivity index (χ2n) is 39.1. The van der Waals surface area contributed by atoms with E-state index in [9.17, 15) is 0 Å². The summed E-state index contributed by atoms with van der Waals surface area (Å²) in [5.41, 5.74) is 41.3. The van der Waals surface area contributed by atoms with Gasteiger partial charge in [-0.05, 0) is 184 Å². The highest BCUT2D eigenvalue weighted by molar-refractivity contribution is 7.02. The average Bonchev–Trinajstić information content (AvgIpc) is 0.680. The molecular weight excluding hydrogens is 1620 g/mol. The molecular formula is C126H101B2N5O. The summed E-state index contributed by atoms with van der Waals surface area (Å²) < 4.78 is 7.82. The first-order valence-electron chi connectivity index (χ1n) is 47.0. The van der Waals surface area contributed by atoms with Crippen LogP contribution in [0.15, 0.2) is 449 Å². The molecule has 0 aromatic heterocycles. The Morgan fingerprint density at radius 1 is 0.201 bits per heavy atom. The van der Waals surface area contributed by atoms with E-state index in [4.69, 9.17) is 4.74 Å². The second-order valence-corrected chi connectivity index (χ2v) is 39.1. The Balaban J connectivity index is 0.884. The zero-order valence-corrected chi connectivity index (χ0v) is 77.0. The molecule has 19 aromatic carbocycles. The van der Waals surface area contributed by atoms with Crippen LogP contribution in [0, 0.1) is 0 Å². The number of rotatable bonds is 16. The van der Waals surface area contributed by atoms with E-state index < -0.39 is 0 Å². The minimum absolute atomic E-state index is 0.0402. The summed E-state index contributed by atoms with van der Waals surface area (Å²) in [6.07, 6.45) is 0. The van der Waals surface area contributed by atoms with Gasteiger partial charge in [-0.15, -0.1) is 0 Å². The van der Waals surface area contributed by atoms with Crippen molar-refractivity contribution in [3.8, 4) is 89.4 Å². The first-order valence-corrected chi connectivity index (χ1v) is 47.0. The molecule has 0 radical (unpaired) electrons. The normalized spacial score (nSPS) is 12.8. The average molecular weight is 1720 g/mol. The Bertz CT molecular complexity index is 7590. The van der Waals surface area contributed by atoms with Crippen LogP contribution in [0.5, 0.6) is 11.5 Å². The fourth-order valence-electron chi connectivity index (χ4n) is 21.3. The van der Waals surface area contributed by atoms with Gasteiger partial charge in [0.25, 0.3) is 13.4 Å². The summed E-state index contributed by atoms with van der Waals surface area (Å²) in [7, 11) is 0. The molecule has 6 nitrogen and oxygen atoms in total. The summed E-state index contributed by atoms with van der Waals surface area (Å²) >= 11 is 0. The van der Waals surface area contributed by atoms with Crippen molar-refractivity contribution in [2.75, 3.05) is 24.5 Å². The first-order chi connectivity index (χ1) is 65.4. The zero-order valence-electron chi connectivity index (χ0n) is 77.0. The lowest BCUT2D eigenvalue weighted by Crippen LogP contribution is -2.64. The maximum atomic E-state index is 7.82. The SMILES string of the molecule is CC(C)(C)c1ccc(-c2ccccc2N(c2ccccc2)c2cc3c4c(c2)N(c2c(-c5ccccc5)cccc2-c2ccccc2)c2cc5c(cc2B4c2ccccc2O3)B2c3ccccc3N(c3ccccc3-c3ccc(C(C)(C)C)cc3)c3cc(N(c4ccccc4)c4ccccc4-c4ccc(C(C)(C)C)cc4)cc(c32)N5c2c(-c3ccccc3)cccc2-c2ccccc2)cc1. The number of hydrogen-bond acceptors (Lipinski definition) is 6. The monoisotopic (exact) mass is 1720 g/mol. The number of hydrogen-bond donors (Lipinski definition) is 0. The van der Waals surface area contributed by atoms with E-state index in [0.29, 0.717) is 0 Å². The first kappa shape index (κ1) is 82.5. The summed E-state index contributed by atoms with van der Waals surface area (Å²) in [6.45, 7) is 19.9. The van der Waals surface area contributed by atoms with Crippen LogP contribution in [-0.2, 0) is 16.2 Å². The molecule has 4 aliphatic heterocycles. The summed E-state index contributed by atoms with van der Waals surface area (Å²) in [5, 5.41) is 0. The molecule has 134 heavy (non-hydrogen) atoms. The number of nitrogens with zero attached hydrogens (tertiary/aromatic N) is 5. The van der Waals surface area contributed by atoms with Gasteiger partial charge in [-0.25, -0.2) is 0 Å². The van der Waals surface area contributed by atoms with Gasteiger partial charge in [0, 0.05) is 90.5 Å². The molecule has 0 spiro atoms. The molecule has 0 saturated heterocycles. The van der Waals surface area contributed by atoms with E-state index >= 15 is 0 Å². The van der Waals surface area contributed by atoms with Gasteiger partial charge in [0.2, 0.25) is 0 Å². The molecule has 0 amide bonds. The van der Waals surface area contributed by atoms with Crippen LogP contribution in [0.3, 0.4) is 0 Å². The lowest BCUT2D eigenvalue weighted by Gasteiger charge is -2.47. The Morgan fingerprint density at radius 2 is 0.515 bits per heavy atom. The van der Waals surface area contributed by atoms with Crippen LogP contribution in [0.1, 0.15) is 79.0 Å². The summed E-state index contributed by atoms with van der Waals surface area (Å²) in [6, 6.07) is 169. The lowest BCUT2D eigenvalue weighted by molar-refractivity contribution is 0.487. The molecule has 0 bridgehead atoms. The van der Waals surface area contributed by atoms with Crippen LogP contribution >= 0.6 is 0 Å². The Kier molecular flexibility index (Phi) is 20.4. The van der Waals surface area contributed by atoms with Crippen LogP contribution < -0.4 is 62.0 Å². The Hall–Kier alpha value is -15.9. The number of fused-ring (bicyclic) bond motifs is 8. The Labute approximate surface area is 788 Å². The van der Waals surface area contributed by atoms with Crippen molar-refractivity contribution in [1.29, 1.82) is 0 Å². The fourth-order valence-corrected chi connectivity index (χ4v) is 21.3. The predicted molar refractivity (Wildman–Crippen MR) is 570 cm³/mol. The third kappa shape index (κ3) is 14.4. The molecule has 19 aromatic rings. The van der Waals surface area contributed by atoms with E-state index in [1.165, 1.54) is 33.1 Å². The number of benzene rings is 19. The highest BCUT2D eigenvalue weighted by atomic mass is 16.5. The smallest absolute Gasteiger partial charge is 0.256 e. The lowest BCUT2D eigenvalue weighted by atomic mass is 9.30. The molecule has 0 unspecified atom stereocenters. The van der Waals surface area contributed by atoms with E-state index in [-0.39, 0.29) is 29.7 Å². The highest BCUT2D eigenvalue weighted by Crippen LogP contribution is 2.58. The molecule has 4 aliphatic rings. The van der Waals surface area contributed by atoms with Crippen LogP contribution in [0.4, 0.5) is 85.3 Å². The van der Waals surface area contributed by atoms with E-state index in [1.54, 1.807) is 0 Å². The van der Waals surface area contributed by atoms with Crippen molar-refractivity contribution in [2.24, 2.45) is 0 Å². The Morgan fingerprint density at radius 3 is 0.940 bits per heavy atom. The van der Waals surface area contributed by atoms with Crippen molar-refractivity contribution in [2.45, 2.75) is 78.6 Å². The van der Waals surface area contributed by atoms with Gasteiger partial charge in [-0.2, -0.15) is 0 Å². The standard InChI is InChI=1S/C126H101B2N5O/c1-124(2,3)91-72-66-88(67-73-91)98-52-28-33-61-109(98)129(94-48-24-14-25-49-94)96-78-115-120-116(79-96)132(122-101(84-40-16-10-17-41-84)55-38-56-102(122)85-42-18-11-19-43-85)113-83-114-108(82-107(113)127(120)105-59-31-36-64-112(105)131(115)111-63-35-30-54-100(111)90-70-76-93(77-71-90)126(7,8)9)128-106-60-32-37-65-118(106)134-119-81-97(130(95-50-26-15-27-51-95)110-62-34-29-53-99(110)89-68-74-92(75-69-89)125(4,5)6)80-117(121(119)128)133(114)123-103(86-44-20-12-21-45-86)57-39-58-104(123)87-46-22-13-23-47-87/h10-83H,1-9H3. The number of anilines is 15. The maximum Gasteiger partial charge on any atom is 0.256 e. The van der Waals surface area contributed by atoms with Crippen molar-refractivity contribution in [1.82, 2.24) is 0 Å². The van der Waals surface area contributed by atoms with E-state index in [1.807, 2.05) is 0 Å². The number of ether oxygens (including phenoxy) is 1. The van der Waals surface area contributed by atoms with Gasteiger partial charge in [-0.3, -0.25) is 0 Å². The summed E-state index contributed by atoms with van der Waals surface area (Å²) in [5.74, 6) is 1.59. The van der Waals surface area contributed by atoms with E-state index in [2.05, 4.69) is 536 Å². The minimum atomic E-state index is -0.383. The van der Waals surface area contributed by atoms with Gasteiger partial charge in [0.15, 0.2) is 0 Å². The zero-order chi connectivity index (χ0) is 90.7.